The molecular weight excluding hydrogens is 434 g/mol. The van der Waals surface area contributed by atoms with Crippen LogP contribution in [0.15, 0.2) is 77.4 Å². The van der Waals surface area contributed by atoms with Crippen LogP contribution in [0.3, 0.4) is 0 Å². The number of anilines is 1. The third-order valence-corrected chi connectivity index (χ3v) is 5.97. The minimum absolute atomic E-state index is 0.0642. The number of carbonyl (C=O) groups is 1. The molecule has 0 saturated carbocycles. The largest absolute Gasteiger partial charge is 0.463 e. The van der Waals surface area contributed by atoms with Crippen molar-refractivity contribution in [3.05, 3.63) is 94.4 Å². The van der Waals surface area contributed by atoms with Gasteiger partial charge >= 0.3 is 0 Å². The quantitative estimate of drug-likeness (QED) is 0.327. The van der Waals surface area contributed by atoms with Gasteiger partial charge in [-0.3, -0.25) is 14.9 Å². The maximum Gasteiger partial charge on any atom is 0.272 e. The molecule has 1 aliphatic rings. The van der Waals surface area contributed by atoms with Crippen molar-refractivity contribution >= 4 is 17.3 Å². The number of aromatic nitrogens is 2. The third-order valence-electron chi connectivity index (χ3n) is 5.97. The second kappa shape index (κ2) is 8.86. The molecule has 1 fully saturated rings. The molecule has 0 N–H and O–H groups in total. The van der Waals surface area contributed by atoms with Crippen molar-refractivity contribution in [3.63, 3.8) is 0 Å². The van der Waals surface area contributed by atoms with Crippen LogP contribution in [-0.4, -0.2) is 51.7 Å². The lowest BCUT2D eigenvalue weighted by Crippen LogP contribution is -2.49. The molecule has 4 aromatic rings. The number of amides is 1. The Morgan fingerprint density at radius 3 is 2.26 bits per heavy atom. The molecule has 0 atom stereocenters. The van der Waals surface area contributed by atoms with Crippen LogP contribution in [0.2, 0.25) is 0 Å². The van der Waals surface area contributed by atoms with Gasteiger partial charge in [0.15, 0.2) is 5.76 Å². The molecule has 0 bridgehead atoms. The van der Waals surface area contributed by atoms with Crippen molar-refractivity contribution in [1.82, 2.24) is 14.7 Å². The fourth-order valence-corrected chi connectivity index (χ4v) is 4.08. The van der Waals surface area contributed by atoms with E-state index < -0.39 is 4.92 Å². The van der Waals surface area contributed by atoms with E-state index in [1.54, 1.807) is 35.2 Å². The monoisotopic (exact) mass is 457 g/mol. The summed E-state index contributed by atoms with van der Waals surface area (Å²) in [6.45, 7) is 4.34. The van der Waals surface area contributed by atoms with Gasteiger partial charge in [-0.25, -0.2) is 4.68 Å². The first-order valence-corrected chi connectivity index (χ1v) is 11.0. The molecule has 9 nitrogen and oxygen atoms in total. The number of hydrogen-bond acceptors (Lipinski definition) is 6. The van der Waals surface area contributed by atoms with Gasteiger partial charge in [0.25, 0.3) is 11.6 Å². The number of nitrogens with zero attached hydrogens (tertiary/aromatic N) is 5. The summed E-state index contributed by atoms with van der Waals surface area (Å²) in [7, 11) is 0. The Labute approximate surface area is 196 Å². The van der Waals surface area contributed by atoms with Gasteiger partial charge < -0.3 is 14.2 Å². The summed E-state index contributed by atoms with van der Waals surface area (Å²) in [5.41, 5.74) is 3.96. The molecule has 0 unspecified atom stereocenters. The molecule has 3 heterocycles. The van der Waals surface area contributed by atoms with E-state index in [9.17, 15) is 14.9 Å². The average molecular weight is 457 g/mol. The summed E-state index contributed by atoms with van der Waals surface area (Å²) in [6.07, 6.45) is 1.58. The standard InChI is InChI=1S/C25H23N5O4/c1-18-4-6-20(7-5-18)29-23(17-22(26-29)24-3-2-16-34-24)25(31)28-14-12-27(13-15-28)19-8-10-21(11-9-19)30(32)33/h2-11,16-17H,12-15H2,1H3. The van der Waals surface area contributed by atoms with Crippen LogP contribution in [0.5, 0.6) is 0 Å². The summed E-state index contributed by atoms with van der Waals surface area (Å²) >= 11 is 0. The van der Waals surface area contributed by atoms with E-state index in [1.807, 2.05) is 42.2 Å². The van der Waals surface area contributed by atoms with Gasteiger partial charge in [0.05, 0.1) is 16.9 Å². The highest BCUT2D eigenvalue weighted by atomic mass is 16.6. The number of non-ortho nitro benzene ring substituents is 1. The van der Waals surface area contributed by atoms with Crippen LogP contribution in [-0.2, 0) is 0 Å². The topological polar surface area (TPSA) is 97.7 Å². The number of piperazine rings is 1. The molecular formula is C25H23N5O4. The third kappa shape index (κ3) is 4.15. The van der Waals surface area contributed by atoms with Crippen LogP contribution in [0, 0.1) is 17.0 Å². The first-order chi connectivity index (χ1) is 16.5. The summed E-state index contributed by atoms with van der Waals surface area (Å²) in [6, 6.07) is 19.7. The predicted octanol–water partition coefficient (Wildman–Crippen LogP) is 4.31. The normalized spacial score (nSPS) is 13.8. The molecule has 2 aromatic carbocycles. The van der Waals surface area contributed by atoms with Crippen molar-refractivity contribution in [2.24, 2.45) is 0 Å². The van der Waals surface area contributed by atoms with Gasteiger partial charge in [0.1, 0.15) is 11.4 Å². The van der Waals surface area contributed by atoms with E-state index in [0.717, 1.165) is 16.9 Å². The molecule has 5 rings (SSSR count). The summed E-state index contributed by atoms with van der Waals surface area (Å²) in [4.78, 5) is 28.0. The smallest absolute Gasteiger partial charge is 0.272 e. The molecule has 0 aliphatic carbocycles. The van der Waals surface area contributed by atoms with Crippen LogP contribution >= 0.6 is 0 Å². The second-order valence-corrected chi connectivity index (χ2v) is 8.19. The molecule has 0 spiro atoms. The Hall–Kier alpha value is -4.40. The molecule has 9 heteroatoms. The van der Waals surface area contributed by atoms with Crippen LogP contribution in [0.1, 0.15) is 16.1 Å². The summed E-state index contributed by atoms with van der Waals surface area (Å²) in [5, 5.41) is 15.6. The molecule has 34 heavy (non-hydrogen) atoms. The number of hydrogen-bond donors (Lipinski definition) is 0. The van der Waals surface area contributed by atoms with E-state index in [4.69, 9.17) is 4.42 Å². The fourth-order valence-electron chi connectivity index (χ4n) is 4.08. The highest BCUT2D eigenvalue weighted by Crippen LogP contribution is 2.25. The van der Waals surface area contributed by atoms with Gasteiger partial charge in [0, 0.05) is 50.1 Å². The minimum atomic E-state index is -0.408. The zero-order valence-electron chi connectivity index (χ0n) is 18.6. The van der Waals surface area contributed by atoms with Gasteiger partial charge in [-0.1, -0.05) is 17.7 Å². The Bertz CT molecular complexity index is 1300. The van der Waals surface area contributed by atoms with E-state index in [0.29, 0.717) is 43.3 Å². The highest BCUT2D eigenvalue weighted by molar-refractivity contribution is 5.94. The molecule has 172 valence electrons. The number of benzene rings is 2. The molecule has 1 amide bonds. The van der Waals surface area contributed by atoms with Crippen LogP contribution in [0.25, 0.3) is 17.1 Å². The Morgan fingerprint density at radius 2 is 1.65 bits per heavy atom. The first kappa shape index (κ1) is 21.4. The SMILES string of the molecule is Cc1ccc(-n2nc(-c3ccco3)cc2C(=O)N2CCN(c3ccc([N+](=O)[O-])cc3)CC2)cc1. The lowest BCUT2D eigenvalue weighted by molar-refractivity contribution is -0.384. The molecule has 1 aliphatic heterocycles. The van der Waals surface area contributed by atoms with E-state index in [-0.39, 0.29) is 11.6 Å². The van der Waals surface area contributed by atoms with Crippen LogP contribution < -0.4 is 4.90 Å². The fraction of sp³-hybridized carbons (Fsp3) is 0.200. The predicted molar refractivity (Wildman–Crippen MR) is 127 cm³/mol. The molecule has 1 saturated heterocycles. The zero-order chi connectivity index (χ0) is 23.7. The maximum absolute atomic E-state index is 13.5. The lowest BCUT2D eigenvalue weighted by Gasteiger charge is -2.36. The second-order valence-electron chi connectivity index (χ2n) is 8.19. The molecule has 2 aromatic heterocycles. The van der Waals surface area contributed by atoms with Crippen LogP contribution in [0.4, 0.5) is 11.4 Å². The molecule has 0 radical (unpaired) electrons. The van der Waals surface area contributed by atoms with E-state index in [2.05, 4.69) is 10.00 Å². The average Bonchev–Trinajstić information content (AvgIpc) is 3.55. The number of nitro benzene ring substituents is 1. The first-order valence-electron chi connectivity index (χ1n) is 11.0. The van der Waals surface area contributed by atoms with Gasteiger partial charge in [-0.2, -0.15) is 5.10 Å². The maximum atomic E-state index is 13.5. The minimum Gasteiger partial charge on any atom is -0.463 e. The Morgan fingerprint density at radius 1 is 0.971 bits per heavy atom. The van der Waals surface area contributed by atoms with Crippen molar-refractivity contribution in [3.8, 4) is 17.1 Å². The van der Waals surface area contributed by atoms with Gasteiger partial charge in [-0.05, 0) is 43.3 Å². The van der Waals surface area contributed by atoms with Crippen molar-refractivity contribution in [2.45, 2.75) is 6.92 Å². The Balaban J connectivity index is 1.37. The van der Waals surface area contributed by atoms with Crippen molar-refractivity contribution < 1.29 is 14.1 Å². The Kier molecular flexibility index (Phi) is 5.59. The zero-order valence-corrected chi connectivity index (χ0v) is 18.6. The van der Waals surface area contributed by atoms with E-state index in [1.165, 1.54) is 12.1 Å². The highest BCUT2D eigenvalue weighted by Gasteiger charge is 2.27. The number of rotatable bonds is 5. The summed E-state index contributed by atoms with van der Waals surface area (Å²) in [5.74, 6) is 0.497. The van der Waals surface area contributed by atoms with Crippen molar-refractivity contribution in [1.29, 1.82) is 0 Å². The number of furan rings is 1. The number of aryl methyl sites for hydroxylation is 1. The number of nitro groups is 1. The lowest BCUT2D eigenvalue weighted by atomic mass is 10.2. The summed E-state index contributed by atoms with van der Waals surface area (Å²) < 4.78 is 7.17. The number of carbonyl (C=O) groups excluding carboxylic acids is 1. The van der Waals surface area contributed by atoms with Gasteiger partial charge in [0.2, 0.25) is 0 Å². The van der Waals surface area contributed by atoms with Crippen molar-refractivity contribution in [2.75, 3.05) is 31.1 Å². The van der Waals surface area contributed by atoms with Gasteiger partial charge in [-0.15, -0.1) is 0 Å². The van der Waals surface area contributed by atoms with E-state index >= 15 is 0 Å².